The Morgan fingerprint density at radius 3 is 1.02 bits per heavy atom. The van der Waals surface area contributed by atoms with Gasteiger partial charge in [-0.25, -0.2) is 49.5 Å². The van der Waals surface area contributed by atoms with E-state index in [0.29, 0.717) is 81.2 Å². The SMILES string of the molecule is C=C(OC)c1nnc(C(=O)OC)nn1.NCC(=O)Nc1ccc(-c2nnc(-c3ncc(NC(=O)CN)cn3)nn2)nc1.NCC(=O)Nc1ccc(-c2nnc(-c3ncccn3)nn2)nc1.NCc1ccc(-c2nncnn2)cc1.O=C(O)c1ccc(-c2nnc(-c3ncccn3)nn2)cc1.[Cl-].[Cl-].[Cl-].[Cl-].c1ccc(-c2nnc(-c3ncccn3)nn2)nc1. The molecule has 0 spiro atoms. The smallest absolute Gasteiger partial charge is 0.379 e. The quantitative estimate of drug-likeness (QED) is 0.0259. The number of halogens is 4. The number of amides is 3. The number of hydrogen-bond donors (Lipinski definition) is 8. The Hall–Kier alpha value is -16.3. The number of rotatable bonds is 20. The Morgan fingerprint density at radius 2 is 0.672 bits per heavy atom. The normalized spacial score (nSPS) is 9.82. The van der Waals surface area contributed by atoms with Gasteiger partial charge in [0, 0.05) is 61.0 Å². The van der Waals surface area contributed by atoms with Crippen LogP contribution in [0.3, 0.4) is 0 Å². The number of aromatic nitrogens is 35. The van der Waals surface area contributed by atoms with Crippen LogP contribution in [0.4, 0.5) is 17.1 Å². The molecule has 0 aliphatic carbocycles. The lowest BCUT2D eigenvalue weighted by atomic mass is 10.1. The van der Waals surface area contributed by atoms with Crippen LogP contribution in [0.5, 0.6) is 0 Å². The van der Waals surface area contributed by atoms with Gasteiger partial charge in [0.05, 0.1) is 81.3 Å². The highest BCUT2D eigenvalue weighted by atomic mass is 35.5. The molecule has 12 N–H and O–H groups in total. The number of nitrogens with zero attached hydrogens (tertiary/aromatic N) is 35. The van der Waals surface area contributed by atoms with Gasteiger partial charge in [0.2, 0.25) is 99.3 Å². The third-order valence-electron chi connectivity index (χ3n) is 13.9. The number of esters is 1. The van der Waals surface area contributed by atoms with E-state index in [2.05, 4.69) is 204 Å². The lowest BCUT2D eigenvalue weighted by Gasteiger charge is -2.04. The van der Waals surface area contributed by atoms with Crippen molar-refractivity contribution in [3.8, 4) is 104 Å². The summed E-state index contributed by atoms with van der Waals surface area (Å²) in [6.07, 6.45) is 18.2. The van der Waals surface area contributed by atoms with Crippen LogP contribution in [0.25, 0.3) is 110 Å². The summed E-state index contributed by atoms with van der Waals surface area (Å²) in [6.45, 7) is 3.67. The molecule has 13 heterocycles. The molecule has 0 aliphatic heterocycles. The third-order valence-corrected chi connectivity index (χ3v) is 13.9. The Labute approximate surface area is 710 Å². The number of carbonyl (C=O) groups excluding carboxylic acids is 4. The molecule has 13 aromatic heterocycles. The van der Waals surface area contributed by atoms with Gasteiger partial charge in [-0.1, -0.05) is 49.0 Å². The van der Waals surface area contributed by atoms with Gasteiger partial charge in [0.1, 0.15) is 17.1 Å². The Bertz CT molecular complexity index is 5540. The largest absolute Gasteiger partial charge is 1.00 e. The zero-order valence-corrected chi connectivity index (χ0v) is 65.7. The first kappa shape index (κ1) is 94.6. The number of methoxy groups -OCH3 is 2. The molecule has 0 radical (unpaired) electrons. The second-order valence-corrected chi connectivity index (χ2v) is 21.9. The Kier molecular flexibility index (Phi) is 38.5. The fourth-order valence-electron chi connectivity index (χ4n) is 8.26. The average Bonchev–Trinajstić information content (AvgIpc) is 0.843. The van der Waals surface area contributed by atoms with Gasteiger partial charge in [0.25, 0.3) is 5.82 Å². The maximum Gasteiger partial charge on any atom is 0.379 e. The fraction of sp³-hybridized carbons (Fsp3) is 0.0882. The van der Waals surface area contributed by atoms with E-state index >= 15 is 0 Å². The van der Waals surface area contributed by atoms with E-state index in [-0.39, 0.29) is 151 Å². The number of carboxylic acid groups (broad SMARTS) is 1. The molecule has 50 nitrogen and oxygen atoms in total. The molecule has 0 bridgehead atoms. The topological polar surface area (TPSA) is 715 Å². The highest BCUT2D eigenvalue weighted by Gasteiger charge is 2.17. The summed E-state index contributed by atoms with van der Waals surface area (Å²) in [5, 5.41) is 109. The summed E-state index contributed by atoms with van der Waals surface area (Å²) < 4.78 is 9.11. The van der Waals surface area contributed by atoms with Crippen LogP contribution in [0.1, 0.15) is 32.4 Å². The van der Waals surface area contributed by atoms with Crippen molar-refractivity contribution in [2.24, 2.45) is 22.9 Å². The van der Waals surface area contributed by atoms with Gasteiger partial charge in [-0.15, -0.1) is 122 Å². The second kappa shape index (κ2) is 49.6. The summed E-state index contributed by atoms with van der Waals surface area (Å²) in [4.78, 5) is 99.9. The van der Waals surface area contributed by atoms with Crippen molar-refractivity contribution in [1.29, 1.82) is 0 Å². The molecular formula is C68H58Cl4N42O8-4. The van der Waals surface area contributed by atoms with Crippen LogP contribution < -0.4 is 88.5 Å². The summed E-state index contributed by atoms with van der Waals surface area (Å²) in [5.74, 6) is 1.20. The summed E-state index contributed by atoms with van der Waals surface area (Å²) in [7, 11) is 2.63. The van der Waals surface area contributed by atoms with Gasteiger partial charge in [-0.05, 0) is 72.3 Å². The molecule has 0 saturated heterocycles. The number of aromatic carboxylic acids is 1. The first-order valence-corrected chi connectivity index (χ1v) is 33.4. The van der Waals surface area contributed by atoms with Gasteiger partial charge >= 0.3 is 11.9 Å². The molecule has 2 aromatic carbocycles. The number of carboxylic acids is 1. The molecule has 620 valence electrons. The number of nitrogens with one attached hydrogen (secondary N) is 3. The lowest BCUT2D eigenvalue weighted by molar-refractivity contribution is -0.115. The van der Waals surface area contributed by atoms with Crippen molar-refractivity contribution in [2.75, 3.05) is 49.8 Å². The van der Waals surface area contributed by atoms with Crippen LogP contribution in [0.15, 0.2) is 190 Å². The zero-order valence-electron chi connectivity index (χ0n) is 62.6. The number of hydrogen-bond acceptors (Lipinski definition) is 46. The maximum absolute atomic E-state index is 11.3. The number of pyridine rings is 3. The van der Waals surface area contributed by atoms with Crippen molar-refractivity contribution >= 4 is 52.5 Å². The van der Waals surface area contributed by atoms with Crippen LogP contribution in [0.2, 0.25) is 0 Å². The number of benzene rings is 2. The first-order valence-electron chi connectivity index (χ1n) is 33.4. The van der Waals surface area contributed by atoms with Crippen molar-refractivity contribution < 1.29 is 88.2 Å². The highest BCUT2D eigenvalue weighted by molar-refractivity contribution is 5.93. The number of anilines is 3. The predicted molar refractivity (Wildman–Crippen MR) is 406 cm³/mol. The van der Waals surface area contributed by atoms with Crippen LogP contribution in [-0.4, -0.2) is 246 Å². The molecule has 0 atom stereocenters. The van der Waals surface area contributed by atoms with Crippen molar-refractivity contribution in [2.45, 2.75) is 6.54 Å². The standard InChI is InChI=1S/C15H15N11O2.C13H11N9O.C13H8N6O2.C11H7N7.C9H9N5.C7H8N4O3.4ClH/c16-3-11(27)21-8-1-2-10(18-5-8)13-23-25-15(26-24-13)14-19-6-9(7-20-14)22-12(28)4-17;14-6-10(23)18-8-2-3-9(17-7-8)11-19-21-13(22-20-11)12-15-4-1-5-16-12;20-13(21)9-4-2-8(3-5-9)10-16-18-12(19-17-10)11-14-6-1-7-15-11;1-2-5-12-8(4-1)9-15-17-11(18-16-9)10-13-6-3-7-14-10;10-5-7-1-3-8(4-2-7)9-13-11-6-12-14-9;1-4(13-2)5-8-10-6(11-9-5)7(12)14-3;;;;/h1-2,5-7H,3-4,16-17H2,(H,21,27)(H,22,28);1-5,7H,6,14H2,(H,18,23);1-7H,(H,20,21);1-7H;1-4,6H,5,10H2;1H2,2-3H3;4*1H/p-4. The Balaban J connectivity index is 0.000000229. The molecule has 0 saturated carbocycles. The molecule has 54 heteroatoms. The number of nitrogens with two attached hydrogens (primary N) is 4. The first-order chi connectivity index (χ1) is 57.6. The minimum Gasteiger partial charge on any atom is -1.00 e. The van der Waals surface area contributed by atoms with E-state index in [0.717, 1.165) is 11.1 Å². The second-order valence-electron chi connectivity index (χ2n) is 21.9. The van der Waals surface area contributed by atoms with Crippen LogP contribution >= 0.6 is 0 Å². The summed E-state index contributed by atoms with van der Waals surface area (Å²) >= 11 is 0. The minimum absolute atomic E-state index is 0. The minimum atomic E-state index is -0.990. The summed E-state index contributed by atoms with van der Waals surface area (Å²) in [6, 6.07) is 30.9. The molecular weight excluding hydrogens is 1670 g/mol. The van der Waals surface area contributed by atoms with Gasteiger partial charge < -0.3 is 103 Å². The Morgan fingerprint density at radius 1 is 0.336 bits per heavy atom. The number of carbonyl (C=O) groups is 5. The van der Waals surface area contributed by atoms with E-state index in [1.54, 1.807) is 104 Å². The molecule has 15 aromatic rings. The predicted octanol–water partition coefficient (Wildman–Crippen LogP) is -11.8. The van der Waals surface area contributed by atoms with Crippen molar-refractivity contribution in [3.05, 3.63) is 213 Å². The van der Waals surface area contributed by atoms with E-state index in [9.17, 15) is 24.0 Å². The van der Waals surface area contributed by atoms with Crippen molar-refractivity contribution in [3.63, 3.8) is 0 Å². The highest BCUT2D eigenvalue weighted by Crippen LogP contribution is 2.20. The van der Waals surface area contributed by atoms with E-state index in [1.807, 2.05) is 36.4 Å². The van der Waals surface area contributed by atoms with Gasteiger partial charge in [-0.3, -0.25) is 29.3 Å². The lowest BCUT2D eigenvalue weighted by Crippen LogP contribution is -3.00. The average molecular weight is 1730 g/mol. The monoisotopic (exact) mass is 1730 g/mol. The zero-order chi connectivity index (χ0) is 83.2. The number of ether oxygens (including phenoxy) is 2. The van der Waals surface area contributed by atoms with Crippen LogP contribution in [0, 0.1) is 0 Å². The molecule has 0 unspecified atom stereocenters. The van der Waals surface area contributed by atoms with Gasteiger partial charge in [-0.2, -0.15) is 0 Å². The third kappa shape index (κ3) is 28.6. The van der Waals surface area contributed by atoms with E-state index in [1.165, 1.54) is 57.5 Å². The molecule has 15 rings (SSSR count). The molecule has 0 fully saturated rings. The molecule has 122 heavy (non-hydrogen) atoms. The van der Waals surface area contributed by atoms with Crippen LogP contribution in [-0.2, 0) is 30.4 Å². The van der Waals surface area contributed by atoms with Crippen molar-refractivity contribution in [1.82, 2.24) is 177 Å². The van der Waals surface area contributed by atoms with E-state index in [4.69, 9.17) is 32.8 Å². The molecule has 3 amide bonds. The van der Waals surface area contributed by atoms with Gasteiger partial charge in [0.15, 0.2) is 12.1 Å². The van der Waals surface area contributed by atoms with E-state index < -0.39 is 11.9 Å². The summed E-state index contributed by atoms with van der Waals surface area (Å²) in [5.41, 5.74) is 26.9. The molecule has 0 aliphatic rings. The maximum atomic E-state index is 11.3. The fourth-order valence-corrected chi connectivity index (χ4v) is 8.26.